The molecule has 0 aliphatic heterocycles. The highest BCUT2D eigenvalue weighted by molar-refractivity contribution is 9.11. The van der Waals surface area contributed by atoms with Gasteiger partial charge in [0.25, 0.3) is 0 Å². The Hall–Kier alpha value is -0.160. The van der Waals surface area contributed by atoms with Crippen molar-refractivity contribution in [1.82, 2.24) is 0 Å². The van der Waals surface area contributed by atoms with Gasteiger partial charge in [-0.15, -0.1) is 0 Å². The van der Waals surface area contributed by atoms with Crippen LogP contribution in [-0.4, -0.2) is 7.11 Å². The Bertz CT molecular complexity index is 315. The summed E-state index contributed by atoms with van der Waals surface area (Å²) in [7, 11) is 1.27. The zero-order chi connectivity index (χ0) is 9.30. The zero-order valence-electron chi connectivity index (χ0n) is 6.00. The topological polar surface area (TPSA) is 9.23 Å². The first kappa shape index (κ1) is 9.92. The average Bonchev–Trinajstić information content (AvgIpc) is 2.01. The van der Waals surface area contributed by atoms with Gasteiger partial charge in [0.1, 0.15) is 0 Å². The molecule has 0 heterocycles. The Kier molecular flexibility index (Phi) is 3.06. The third-order valence-corrected chi connectivity index (χ3v) is 2.56. The predicted molar refractivity (Wildman–Crippen MR) is 48.3 cm³/mol. The zero-order valence-corrected chi connectivity index (χ0v) is 9.17. The van der Waals surface area contributed by atoms with E-state index < -0.39 is 11.6 Å². The first-order valence-electron chi connectivity index (χ1n) is 2.95. The standard InChI is InChI=1S/C7H4Br2F2O/c1-12-7-4(10)2-3(8)6(11)5(7)9/h2H,1H3. The van der Waals surface area contributed by atoms with Gasteiger partial charge < -0.3 is 4.74 Å². The molecule has 0 spiro atoms. The second-order valence-corrected chi connectivity index (χ2v) is 3.65. The van der Waals surface area contributed by atoms with E-state index in [1.807, 2.05) is 0 Å². The molecule has 0 saturated heterocycles. The third kappa shape index (κ3) is 1.61. The minimum absolute atomic E-state index is 0.0168. The minimum Gasteiger partial charge on any atom is -0.492 e. The molecule has 0 aliphatic rings. The summed E-state index contributed by atoms with van der Waals surface area (Å²) in [6, 6.07) is 1.01. The van der Waals surface area contributed by atoms with Crippen molar-refractivity contribution in [2.45, 2.75) is 0 Å². The molecule has 1 rings (SSSR count). The Morgan fingerprint density at radius 3 is 2.42 bits per heavy atom. The molecule has 1 nitrogen and oxygen atoms in total. The summed E-state index contributed by atoms with van der Waals surface area (Å²) in [6.45, 7) is 0. The van der Waals surface area contributed by atoms with Crippen molar-refractivity contribution in [1.29, 1.82) is 0 Å². The van der Waals surface area contributed by atoms with Gasteiger partial charge in [-0.1, -0.05) is 0 Å². The van der Waals surface area contributed by atoms with E-state index in [1.54, 1.807) is 0 Å². The van der Waals surface area contributed by atoms with Crippen LogP contribution >= 0.6 is 31.9 Å². The van der Waals surface area contributed by atoms with Gasteiger partial charge in [0.05, 0.1) is 16.1 Å². The van der Waals surface area contributed by atoms with E-state index in [2.05, 4.69) is 36.6 Å². The molecule has 0 aliphatic carbocycles. The summed E-state index contributed by atoms with van der Waals surface area (Å²) in [5.74, 6) is -1.32. The van der Waals surface area contributed by atoms with Gasteiger partial charge in [-0.2, -0.15) is 0 Å². The average molecular weight is 302 g/mol. The molecule has 0 unspecified atom stereocenters. The first-order chi connectivity index (χ1) is 5.57. The number of hydrogen-bond donors (Lipinski definition) is 0. The van der Waals surface area contributed by atoms with Crippen molar-refractivity contribution in [3.05, 3.63) is 26.6 Å². The maximum Gasteiger partial charge on any atom is 0.171 e. The lowest BCUT2D eigenvalue weighted by molar-refractivity contribution is 0.378. The van der Waals surface area contributed by atoms with Gasteiger partial charge >= 0.3 is 0 Å². The molecule has 12 heavy (non-hydrogen) atoms. The molecule has 0 radical (unpaired) electrons. The van der Waals surface area contributed by atoms with Crippen molar-refractivity contribution in [3.8, 4) is 5.75 Å². The van der Waals surface area contributed by atoms with Gasteiger partial charge in [-0.25, -0.2) is 8.78 Å². The summed E-state index contributed by atoms with van der Waals surface area (Å²) < 4.78 is 30.6. The Balaban J connectivity index is 3.40. The van der Waals surface area contributed by atoms with Gasteiger partial charge in [0, 0.05) is 0 Å². The van der Waals surface area contributed by atoms with Crippen LogP contribution < -0.4 is 4.74 Å². The van der Waals surface area contributed by atoms with Gasteiger partial charge in [-0.05, 0) is 37.9 Å². The highest BCUT2D eigenvalue weighted by atomic mass is 79.9. The highest BCUT2D eigenvalue weighted by Gasteiger charge is 2.15. The van der Waals surface area contributed by atoms with E-state index in [0.717, 1.165) is 6.07 Å². The lowest BCUT2D eigenvalue weighted by Gasteiger charge is -2.06. The highest BCUT2D eigenvalue weighted by Crippen LogP contribution is 2.34. The lowest BCUT2D eigenvalue weighted by Crippen LogP contribution is -1.93. The van der Waals surface area contributed by atoms with E-state index in [0.29, 0.717) is 0 Å². The predicted octanol–water partition coefficient (Wildman–Crippen LogP) is 3.50. The van der Waals surface area contributed by atoms with Crippen LogP contribution in [0, 0.1) is 11.6 Å². The molecule has 0 atom stereocenters. The molecule has 0 N–H and O–H groups in total. The smallest absolute Gasteiger partial charge is 0.171 e. The summed E-state index contributed by atoms with van der Waals surface area (Å²) in [5, 5.41) is 0. The van der Waals surface area contributed by atoms with Crippen LogP contribution in [0.25, 0.3) is 0 Å². The van der Waals surface area contributed by atoms with Crippen LogP contribution in [0.4, 0.5) is 8.78 Å². The largest absolute Gasteiger partial charge is 0.492 e. The van der Waals surface area contributed by atoms with E-state index in [-0.39, 0.29) is 14.7 Å². The van der Waals surface area contributed by atoms with E-state index in [1.165, 1.54) is 7.11 Å². The number of halogens is 4. The Morgan fingerprint density at radius 1 is 1.33 bits per heavy atom. The maximum absolute atomic E-state index is 13.0. The fraction of sp³-hybridized carbons (Fsp3) is 0.143. The molecule has 0 fully saturated rings. The molecule has 0 bridgehead atoms. The van der Waals surface area contributed by atoms with E-state index in [9.17, 15) is 8.78 Å². The quantitative estimate of drug-likeness (QED) is 0.570. The minimum atomic E-state index is -0.613. The number of hydrogen-bond acceptors (Lipinski definition) is 1. The molecule has 1 aromatic carbocycles. The summed E-state index contributed by atoms with van der Waals surface area (Å²) in [5.41, 5.74) is 0. The van der Waals surface area contributed by atoms with E-state index >= 15 is 0 Å². The van der Waals surface area contributed by atoms with Crippen molar-refractivity contribution < 1.29 is 13.5 Å². The second kappa shape index (κ2) is 3.70. The third-order valence-electron chi connectivity index (χ3n) is 1.28. The van der Waals surface area contributed by atoms with Crippen LogP contribution in [0.15, 0.2) is 15.0 Å². The summed E-state index contributed by atoms with van der Waals surface area (Å²) in [4.78, 5) is 0. The molecule has 0 aromatic heterocycles. The molecule has 1 aromatic rings. The normalized spacial score (nSPS) is 10.1. The van der Waals surface area contributed by atoms with Crippen molar-refractivity contribution >= 4 is 31.9 Å². The fourth-order valence-corrected chi connectivity index (χ4v) is 1.97. The summed E-state index contributed by atoms with van der Waals surface area (Å²) in [6.07, 6.45) is 0. The number of methoxy groups -OCH3 is 1. The Morgan fingerprint density at radius 2 is 1.92 bits per heavy atom. The van der Waals surface area contributed by atoms with Gasteiger partial charge in [-0.3, -0.25) is 0 Å². The second-order valence-electron chi connectivity index (χ2n) is 2.00. The van der Waals surface area contributed by atoms with Gasteiger partial charge in [0.2, 0.25) is 0 Å². The SMILES string of the molecule is COc1c(F)cc(Br)c(F)c1Br. The van der Waals surface area contributed by atoms with Crippen molar-refractivity contribution in [2.75, 3.05) is 7.11 Å². The number of rotatable bonds is 1. The lowest BCUT2D eigenvalue weighted by atomic mass is 10.3. The van der Waals surface area contributed by atoms with Crippen molar-refractivity contribution in [2.24, 2.45) is 0 Å². The monoisotopic (exact) mass is 300 g/mol. The molecule has 66 valence electrons. The van der Waals surface area contributed by atoms with E-state index in [4.69, 9.17) is 0 Å². The number of ether oxygens (including phenoxy) is 1. The molecule has 0 saturated carbocycles. The van der Waals surface area contributed by atoms with Crippen LogP contribution in [0.2, 0.25) is 0 Å². The molecular weight excluding hydrogens is 298 g/mol. The first-order valence-corrected chi connectivity index (χ1v) is 4.53. The van der Waals surface area contributed by atoms with Gasteiger partial charge in [0.15, 0.2) is 17.4 Å². The Labute approximate surface area is 85.0 Å². The van der Waals surface area contributed by atoms with Crippen LogP contribution in [0.3, 0.4) is 0 Å². The van der Waals surface area contributed by atoms with Crippen LogP contribution in [0.1, 0.15) is 0 Å². The van der Waals surface area contributed by atoms with Crippen LogP contribution in [-0.2, 0) is 0 Å². The maximum atomic E-state index is 13.0. The van der Waals surface area contributed by atoms with Crippen molar-refractivity contribution in [3.63, 3.8) is 0 Å². The number of benzene rings is 1. The molecular formula is C7H4Br2F2O. The fourth-order valence-electron chi connectivity index (χ4n) is 0.737. The summed E-state index contributed by atoms with van der Waals surface area (Å²) >= 11 is 5.73. The van der Waals surface area contributed by atoms with Crippen LogP contribution in [0.5, 0.6) is 5.75 Å². The molecule has 0 amide bonds. The molecule has 5 heteroatoms.